The Hall–Kier alpha value is -2.63. The number of anilines is 1. The van der Waals surface area contributed by atoms with Gasteiger partial charge in [0.2, 0.25) is 0 Å². The van der Waals surface area contributed by atoms with Crippen LogP contribution in [0.2, 0.25) is 0 Å². The molecule has 0 radical (unpaired) electrons. The summed E-state index contributed by atoms with van der Waals surface area (Å²) in [6.07, 6.45) is 3.34. The number of hydrogen-bond acceptors (Lipinski definition) is 4. The second-order valence-corrected chi connectivity index (χ2v) is 3.73. The summed E-state index contributed by atoms with van der Waals surface area (Å²) in [4.78, 5) is 9.81. The van der Waals surface area contributed by atoms with Crippen molar-refractivity contribution in [3.63, 3.8) is 0 Å². The second-order valence-electron chi connectivity index (χ2n) is 3.73. The number of benzene rings is 1. The molecule has 1 N–H and O–H groups in total. The van der Waals surface area contributed by atoms with E-state index in [1.807, 2.05) is 0 Å². The maximum absolute atomic E-state index is 12.9. The first-order valence-electron chi connectivity index (χ1n) is 5.55. The Balaban J connectivity index is 1.88. The third kappa shape index (κ3) is 3.67. The van der Waals surface area contributed by atoms with Crippen LogP contribution in [0.5, 0.6) is 0 Å². The fourth-order valence-corrected chi connectivity index (χ4v) is 1.48. The highest BCUT2D eigenvalue weighted by atomic mass is 19.1. The predicted molar refractivity (Wildman–Crippen MR) is 69.3 cm³/mol. The average Bonchev–Trinajstić information content (AvgIpc) is 2.84. The standard InChI is InChI=1S/C13H11FN2O3/c14-10-3-1-4-11(9-10)15-8-2-5-12-6-7-13(19-12)16(17)18/h1-7,9,15H,8H2/b5-2+. The molecule has 0 aliphatic heterocycles. The first-order chi connectivity index (χ1) is 9.15. The molecule has 0 bridgehead atoms. The molecule has 0 saturated carbocycles. The van der Waals surface area contributed by atoms with Crippen molar-refractivity contribution in [2.45, 2.75) is 0 Å². The number of rotatable bonds is 5. The lowest BCUT2D eigenvalue weighted by Crippen LogP contribution is -1.97. The Morgan fingerprint density at radius 3 is 2.89 bits per heavy atom. The maximum atomic E-state index is 12.9. The molecule has 2 aromatic rings. The van der Waals surface area contributed by atoms with Crippen molar-refractivity contribution < 1.29 is 13.7 Å². The van der Waals surface area contributed by atoms with Crippen LogP contribution in [0.1, 0.15) is 5.76 Å². The SMILES string of the molecule is O=[N+]([O-])c1ccc(/C=C/CNc2cccc(F)c2)o1. The van der Waals surface area contributed by atoms with E-state index in [0.29, 0.717) is 18.0 Å². The Kier molecular flexibility index (Phi) is 3.92. The van der Waals surface area contributed by atoms with Crippen LogP contribution in [0, 0.1) is 15.9 Å². The molecular weight excluding hydrogens is 251 g/mol. The summed E-state index contributed by atoms with van der Waals surface area (Å²) in [5.74, 6) is -0.207. The Morgan fingerprint density at radius 2 is 2.21 bits per heavy atom. The molecule has 5 nitrogen and oxygen atoms in total. The highest BCUT2D eigenvalue weighted by Gasteiger charge is 2.09. The van der Waals surface area contributed by atoms with Crippen molar-refractivity contribution in [2.24, 2.45) is 0 Å². The molecule has 0 unspecified atom stereocenters. The quantitative estimate of drug-likeness (QED) is 0.661. The molecule has 0 saturated heterocycles. The van der Waals surface area contributed by atoms with E-state index in [1.54, 1.807) is 24.3 Å². The van der Waals surface area contributed by atoms with Crippen LogP contribution in [0.15, 0.2) is 46.9 Å². The molecular formula is C13H11FN2O3. The average molecular weight is 262 g/mol. The molecule has 98 valence electrons. The van der Waals surface area contributed by atoms with Crippen molar-refractivity contribution in [2.75, 3.05) is 11.9 Å². The first kappa shape index (κ1) is 12.8. The largest absolute Gasteiger partial charge is 0.433 e. The summed E-state index contributed by atoms with van der Waals surface area (Å²) in [7, 11) is 0. The minimum absolute atomic E-state index is 0.294. The number of nitrogens with one attached hydrogen (secondary N) is 1. The second kappa shape index (κ2) is 5.81. The van der Waals surface area contributed by atoms with Crippen LogP contribution in [0.3, 0.4) is 0 Å². The van der Waals surface area contributed by atoms with Gasteiger partial charge in [0.05, 0.1) is 6.07 Å². The summed E-state index contributed by atoms with van der Waals surface area (Å²) >= 11 is 0. The van der Waals surface area contributed by atoms with Crippen molar-refractivity contribution >= 4 is 17.6 Å². The molecule has 1 heterocycles. The maximum Gasteiger partial charge on any atom is 0.433 e. The van der Waals surface area contributed by atoms with Gasteiger partial charge in [-0.3, -0.25) is 10.1 Å². The van der Waals surface area contributed by atoms with Crippen LogP contribution < -0.4 is 5.32 Å². The molecule has 2 rings (SSSR count). The zero-order valence-electron chi connectivity index (χ0n) is 9.88. The van der Waals surface area contributed by atoms with Gasteiger partial charge in [0.15, 0.2) is 0 Å². The van der Waals surface area contributed by atoms with E-state index >= 15 is 0 Å². The summed E-state index contributed by atoms with van der Waals surface area (Å²) in [6.45, 7) is 0.456. The predicted octanol–water partition coefficient (Wildman–Crippen LogP) is 3.45. The molecule has 6 heteroatoms. The van der Waals surface area contributed by atoms with Gasteiger partial charge >= 0.3 is 5.88 Å². The lowest BCUT2D eigenvalue weighted by atomic mass is 10.3. The van der Waals surface area contributed by atoms with Gasteiger partial charge < -0.3 is 9.73 Å². The summed E-state index contributed by atoms with van der Waals surface area (Å²) < 4.78 is 17.8. The topological polar surface area (TPSA) is 68.3 Å². The van der Waals surface area contributed by atoms with E-state index in [4.69, 9.17) is 4.42 Å². The smallest absolute Gasteiger partial charge is 0.401 e. The highest BCUT2D eigenvalue weighted by molar-refractivity contribution is 5.48. The zero-order chi connectivity index (χ0) is 13.7. The monoisotopic (exact) mass is 262 g/mol. The molecule has 0 atom stereocenters. The van der Waals surface area contributed by atoms with E-state index in [0.717, 1.165) is 0 Å². The minimum atomic E-state index is -0.595. The number of nitrogens with zero attached hydrogens (tertiary/aromatic N) is 1. The van der Waals surface area contributed by atoms with Gasteiger partial charge in [-0.25, -0.2) is 4.39 Å². The third-order valence-electron chi connectivity index (χ3n) is 2.32. The Bertz CT molecular complexity index is 607. The van der Waals surface area contributed by atoms with Gasteiger partial charge in [-0.1, -0.05) is 12.1 Å². The van der Waals surface area contributed by atoms with Gasteiger partial charge in [0, 0.05) is 12.2 Å². The van der Waals surface area contributed by atoms with Crippen molar-refractivity contribution in [1.82, 2.24) is 0 Å². The number of halogens is 1. The lowest BCUT2D eigenvalue weighted by Gasteiger charge is -2.02. The van der Waals surface area contributed by atoms with Gasteiger partial charge in [0.1, 0.15) is 16.5 Å². The molecule has 19 heavy (non-hydrogen) atoms. The van der Waals surface area contributed by atoms with E-state index in [-0.39, 0.29) is 11.7 Å². The van der Waals surface area contributed by atoms with Gasteiger partial charge in [-0.15, -0.1) is 0 Å². The Labute approximate surface area is 108 Å². The normalized spacial score (nSPS) is 10.8. The van der Waals surface area contributed by atoms with Gasteiger partial charge in [0.25, 0.3) is 0 Å². The molecule has 1 aromatic carbocycles. The Morgan fingerprint density at radius 1 is 1.37 bits per heavy atom. The fraction of sp³-hybridized carbons (Fsp3) is 0.0769. The van der Waals surface area contributed by atoms with Crippen LogP contribution in [-0.4, -0.2) is 11.5 Å². The lowest BCUT2D eigenvalue weighted by molar-refractivity contribution is -0.402. The molecule has 0 fully saturated rings. The highest BCUT2D eigenvalue weighted by Crippen LogP contribution is 2.16. The zero-order valence-corrected chi connectivity index (χ0v) is 9.88. The van der Waals surface area contributed by atoms with Crippen LogP contribution in [0.4, 0.5) is 16.0 Å². The summed E-state index contributed by atoms with van der Waals surface area (Å²) in [6, 6.07) is 8.90. The van der Waals surface area contributed by atoms with Crippen molar-refractivity contribution in [1.29, 1.82) is 0 Å². The number of nitro groups is 1. The van der Waals surface area contributed by atoms with E-state index < -0.39 is 4.92 Å². The van der Waals surface area contributed by atoms with Crippen molar-refractivity contribution in [3.8, 4) is 0 Å². The minimum Gasteiger partial charge on any atom is -0.401 e. The number of hydrogen-bond donors (Lipinski definition) is 1. The summed E-state index contributed by atoms with van der Waals surface area (Å²) in [5, 5.41) is 13.4. The number of furan rings is 1. The molecule has 1 aromatic heterocycles. The molecule has 0 amide bonds. The van der Waals surface area contributed by atoms with E-state index in [2.05, 4.69) is 5.32 Å². The fourth-order valence-electron chi connectivity index (χ4n) is 1.48. The van der Waals surface area contributed by atoms with Crippen LogP contribution in [0.25, 0.3) is 6.08 Å². The third-order valence-corrected chi connectivity index (χ3v) is 2.32. The van der Waals surface area contributed by atoms with E-state index in [9.17, 15) is 14.5 Å². The molecule has 0 aliphatic rings. The van der Waals surface area contributed by atoms with Gasteiger partial charge in [-0.05, 0) is 30.3 Å². The summed E-state index contributed by atoms with van der Waals surface area (Å²) in [5.41, 5.74) is 0.662. The van der Waals surface area contributed by atoms with E-state index in [1.165, 1.54) is 24.3 Å². The molecule has 0 aliphatic carbocycles. The first-order valence-corrected chi connectivity index (χ1v) is 5.55. The molecule has 0 spiro atoms. The van der Waals surface area contributed by atoms with Gasteiger partial charge in [-0.2, -0.15) is 0 Å². The van der Waals surface area contributed by atoms with Crippen LogP contribution in [-0.2, 0) is 0 Å². The van der Waals surface area contributed by atoms with Crippen molar-refractivity contribution in [3.05, 3.63) is 64.2 Å². The van der Waals surface area contributed by atoms with Crippen LogP contribution >= 0.6 is 0 Å².